The summed E-state index contributed by atoms with van der Waals surface area (Å²) in [6.45, 7) is 3.59. The van der Waals surface area contributed by atoms with E-state index in [0.29, 0.717) is 26.2 Å². The summed E-state index contributed by atoms with van der Waals surface area (Å²) >= 11 is 0. The normalized spacial score (nSPS) is 22.8. The third-order valence-corrected chi connectivity index (χ3v) is 6.63. The molecule has 0 aliphatic carbocycles. The van der Waals surface area contributed by atoms with Crippen LogP contribution < -0.4 is 5.32 Å². The van der Waals surface area contributed by atoms with Gasteiger partial charge in [-0.2, -0.15) is 17.0 Å². The van der Waals surface area contributed by atoms with Crippen LogP contribution in [-0.2, 0) is 21.5 Å². The lowest BCUT2D eigenvalue weighted by atomic mass is 10.1. The summed E-state index contributed by atoms with van der Waals surface area (Å²) in [5.41, 5.74) is 1.51. The van der Waals surface area contributed by atoms with E-state index in [9.17, 15) is 13.2 Å². The molecule has 2 fully saturated rings. The van der Waals surface area contributed by atoms with Crippen molar-refractivity contribution < 1.29 is 13.2 Å². The molecule has 24 heavy (non-hydrogen) atoms. The third-order valence-electron chi connectivity index (χ3n) is 4.58. The number of aromatic nitrogens is 1. The Morgan fingerprint density at radius 2 is 2.00 bits per heavy atom. The second kappa shape index (κ2) is 7.16. The topological polar surface area (TPSA) is 82.6 Å². The minimum Gasteiger partial charge on any atom is -0.351 e. The number of rotatable bonds is 5. The van der Waals surface area contributed by atoms with Crippen LogP contribution in [0, 0.1) is 0 Å². The molecule has 0 saturated carbocycles. The van der Waals surface area contributed by atoms with Crippen molar-refractivity contribution in [1.29, 1.82) is 0 Å². The van der Waals surface area contributed by atoms with Gasteiger partial charge in [-0.05, 0) is 37.8 Å². The predicted molar refractivity (Wildman–Crippen MR) is 90.2 cm³/mol. The molecule has 132 valence electrons. The van der Waals surface area contributed by atoms with Crippen molar-refractivity contribution in [3.05, 3.63) is 29.6 Å². The monoisotopic (exact) mass is 352 g/mol. The molecule has 2 saturated heterocycles. The smallest absolute Gasteiger partial charge is 0.282 e. The maximum atomic E-state index is 12.9. The van der Waals surface area contributed by atoms with Crippen molar-refractivity contribution in [2.75, 3.05) is 19.6 Å². The number of hydrogen-bond donors (Lipinski definition) is 1. The molecule has 1 unspecified atom stereocenters. The summed E-state index contributed by atoms with van der Waals surface area (Å²) < 4.78 is 29.0. The van der Waals surface area contributed by atoms with E-state index in [-0.39, 0.29) is 11.9 Å². The molecular weight excluding hydrogens is 328 g/mol. The maximum absolute atomic E-state index is 12.9. The maximum Gasteiger partial charge on any atom is 0.282 e. The number of amides is 1. The van der Waals surface area contributed by atoms with Gasteiger partial charge in [0.2, 0.25) is 5.91 Å². The van der Waals surface area contributed by atoms with Crippen molar-refractivity contribution in [3.63, 3.8) is 0 Å². The van der Waals surface area contributed by atoms with Crippen molar-refractivity contribution in [2.45, 2.75) is 45.2 Å². The average molecular weight is 352 g/mol. The number of pyridine rings is 1. The lowest BCUT2D eigenvalue weighted by Gasteiger charge is -2.28. The first-order chi connectivity index (χ1) is 11.5. The van der Waals surface area contributed by atoms with Crippen LogP contribution in [0.1, 0.15) is 50.0 Å². The highest BCUT2D eigenvalue weighted by Crippen LogP contribution is 2.35. The Hall–Kier alpha value is -1.51. The first-order valence-corrected chi connectivity index (χ1v) is 9.85. The second-order valence-electron chi connectivity index (χ2n) is 6.35. The molecule has 3 heterocycles. The lowest BCUT2D eigenvalue weighted by Crippen LogP contribution is -2.42. The first-order valence-electron chi connectivity index (χ1n) is 8.45. The van der Waals surface area contributed by atoms with E-state index in [1.165, 1.54) is 6.92 Å². The summed E-state index contributed by atoms with van der Waals surface area (Å²) in [4.78, 5) is 15.6. The molecular formula is C16H24N4O3S. The first kappa shape index (κ1) is 17.3. The van der Waals surface area contributed by atoms with Crippen molar-refractivity contribution in [3.8, 4) is 0 Å². The highest BCUT2D eigenvalue weighted by Gasteiger charge is 2.40. The predicted octanol–water partition coefficient (Wildman–Crippen LogP) is 1.20. The zero-order chi connectivity index (χ0) is 17.2. The van der Waals surface area contributed by atoms with Gasteiger partial charge in [-0.15, -0.1) is 0 Å². The minimum absolute atomic E-state index is 0.110. The van der Waals surface area contributed by atoms with Gasteiger partial charge in [0, 0.05) is 26.6 Å². The van der Waals surface area contributed by atoms with Gasteiger partial charge in [0.25, 0.3) is 10.2 Å². The van der Waals surface area contributed by atoms with Crippen LogP contribution in [0.4, 0.5) is 0 Å². The van der Waals surface area contributed by atoms with Gasteiger partial charge in [-0.25, -0.2) is 0 Å². The minimum atomic E-state index is -3.42. The summed E-state index contributed by atoms with van der Waals surface area (Å²) in [6, 6.07) is 5.37. The van der Waals surface area contributed by atoms with Crippen LogP contribution in [0.3, 0.4) is 0 Å². The molecule has 8 heteroatoms. The average Bonchev–Trinajstić information content (AvgIpc) is 3.24. The van der Waals surface area contributed by atoms with E-state index >= 15 is 0 Å². The molecule has 1 amide bonds. The number of carbonyl (C=O) groups is 1. The summed E-state index contributed by atoms with van der Waals surface area (Å²) in [6.07, 6.45) is 3.49. The van der Waals surface area contributed by atoms with Crippen LogP contribution in [-0.4, -0.2) is 47.6 Å². The van der Waals surface area contributed by atoms with Crippen LogP contribution in [0.5, 0.6) is 0 Å². The summed E-state index contributed by atoms with van der Waals surface area (Å²) in [5, 5.41) is 2.72. The Labute approximate surface area is 143 Å². The molecule has 1 aromatic rings. The number of nitrogens with one attached hydrogen (secondary N) is 1. The van der Waals surface area contributed by atoms with Gasteiger partial charge in [-0.1, -0.05) is 6.07 Å². The van der Waals surface area contributed by atoms with E-state index < -0.39 is 10.2 Å². The lowest BCUT2D eigenvalue weighted by molar-refractivity contribution is -0.119. The zero-order valence-electron chi connectivity index (χ0n) is 13.9. The molecule has 2 aliphatic heterocycles. The van der Waals surface area contributed by atoms with Crippen molar-refractivity contribution in [2.24, 2.45) is 0 Å². The molecule has 0 bridgehead atoms. The summed E-state index contributed by atoms with van der Waals surface area (Å²) in [7, 11) is -3.42. The zero-order valence-corrected chi connectivity index (χ0v) is 14.8. The fourth-order valence-corrected chi connectivity index (χ4v) is 5.29. The largest absolute Gasteiger partial charge is 0.351 e. The highest BCUT2D eigenvalue weighted by molar-refractivity contribution is 7.86. The molecule has 3 rings (SSSR count). The van der Waals surface area contributed by atoms with E-state index in [0.717, 1.165) is 37.1 Å². The molecule has 0 aromatic carbocycles. The van der Waals surface area contributed by atoms with Crippen molar-refractivity contribution >= 4 is 16.1 Å². The summed E-state index contributed by atoms with van der Waals surface area (Å²) in [5.74, 6) is -0.110. The molecule has 2 aliphatic rings. The number of carbonyl (C=O) groups excluding carboxylic acids is 1. The quantitative estimate of drug-likeness (QED) is 0.863. The van der Waals surface area contributed by atoms with Gasteiger partial charge in [0.15, 0.2) is 0 Å². The van der Waals surface area contributed by atoms with Crippen LogP contribution in [0.2, 0.25) is 0 Å². The van der Waals surface area contributed by atoms with Gasteiger partial charge >= 0.3 is 0 Å². The van der Waals surface area contributed by atoms with Gasteiger partial charge in [-0.3, -0.25) is 9.78 Å². The molecule has 1 atom stereocenters. The van der Waals surface area contributed by atoms with E-state index in [1.807, 2.05) is 18.2 Å². The van der Waals surface area contributed by atoms with Crippen LogP contribution in [0.25, 0.3) is 0 Å². The fourth-order valence-electron chi connectivity index (χ4n) is 3.38. The van der Waals surface area contributed by atoms with Gasteiger partial charge in [0.05, 0.1) is 24.0 Å². The Kier molecular flexibility index (Phi) is 5.17. The Balaban J connectivity index is 1.80. The van der Waals surface area contributed by atoms with Crippen molar-refractivity contribution in [1.82, 2.24) is 18.9 Å². The molecule has 1 N–H and O–H groups in total. The molecule has 7 nitrogen and oxygen atoms in total. The number of hydrogen-bond acceptors (Lipinski definition) is 4. The Morgan fingerprint density at radius 1 is 1.25 bits per heavy atom. The third kappa shape index (κ3) is 3.60. The van der Waals surface area contributed by atoms with Crippen LogP contribution in [0.15, 0.2) is 18.2 Å². The van der Waals surface area contributed by atoms with E-state index in [1.54, 1.807) is 8.61 Å². The molecule has 1 aromatic heterocycles. The number of nitrogens with zero attached hydrogens (tertiary/aromatic N) is 3. The second-order valence-corrected chi connectivity index (χ2v) is 8.23. The van der Waals surface area contributed by atoms with Gasteiger partial charge in [0.1, 0.15) is 0 Å². The van der Waals surface area contributed by atoms with E-state index in [2.05, 4.69) is 10.3 Å². The Morgan fingerprint density at radius 3 is 2.71 bits per heavy atom. The Bertz CT molecular complexity index is 701. The fraction of sp³-hybridized carbons (Fsp3) is 0.625. The van der Waals surface area contributed by atoms with Gasteiger partial charge < -0.3 is 5.32 Å². The molecule has 0 spiro atoms. The van der Waals surface area contributed by atoms with Crippen LogP contribution >= 0.6 is 0 Å². The molecule has 0 radical (unpaired) electrons. The highest BCUT2D eigenvalue weighted by atomic mass is 32.2. The standard InChI is InChI=1S/C16H24N4O3S/c1-13(21)17-12-14-6-4-7-15(18-14)16-8-5-11-20(16)24(22,23)19-9-2-3-10-19/h4,6-7,16H,2-3,5,8-12H2,1H3,(H,17,21). The SMILES string of the molecule is CC(=O)NCc1cccc(C2CCCN2S(=O)(=O)N2CCCC2)n1. The van der Waals surface area contributed by atoms with E-state index in [4.69, 9.17) is 0 Å².